The Morgan fingerprint density at radius 2 is 1.55 bits per heavy atom. The average molecular weight is 367 g/mol. The lowest BCUT2D eigenvalue weighted by Gasteiger charge is -2.09. The maximum Gasteiger partial charge on any atom is 0.573 e. The predicted molar refractivity (Wildman–Crippen MR) is 79.8 cm³/mol. The highest BCUT2D eigenvalue weighted by molar-refractivity contribution is 8.14. The van der Waals surface area contributed by atoms with Gasteiger partial charge in [0.2, 0.25) is 5.12 Å². The predicted octanol–water partition coefficient (Wildman–Crippen LogP) is 5.82. The van der Waals surface area contributed by atoms with Gasteiger partial charge in [0.05, 0.1) is 14.9 Å². The van der Waals surface area contributed by atoms with Gasteiger partial charge in [-0.25, -0.2) is 0 Å². The molecule has 0 fully saturated rings. The molecule has 0 aliphatic heterocycles. The quantitative estimate of drug-likeness (QED) is 0.639. The van der Waals surface area contributed by atoms with Crippen molar-refractivity contribution in [2.45, 2.75) is 11.3 Å². The maximum atomic E-state index is 12.1. The van der Waals surface area contributed by atoms with Crippen molar-refractivity contribution in [3.05, 3.63) is 58.1 Å². The van der Waals surface area contributed by atoms with Crippen molar-refractivity contribution in [2.75, 3.05) is 0 Å². The van der Waals surface area contributed by atoms with Crippen molar-refractivity contribution >= 4 is 40.1 Å². The Morgan fingerprint density at radius 1 is 1.00 bits per heavy atom. The van der Waals surface area contributed by atoms with Crippen LogP contribution in [0.15, 0.2) is 47.4 Å². The van der Waals surface area contributed by atoms with Gasteiger partial charge in [-0.3, -0.25) is 4.79 Å². The molecule has 8 heteroatoms. The summed E-state index contributed by atoms with van der Waals surface area (Å²) in [4.78, 5) is 12.5. The summed E-state index contributed by atoms with van der Waals surface area (Å²) in [6.45, 7) is 0. The number of thioether (sulfide) groups is 1. The van der Waals surface area contributed by atoms with E-state index in [0.717, 1.165) is 23.9 Å². The average Bonchev–Trinajstić information content (AvgIpc) is 2.42. The number of rotatable bonds is 3. The molecule has 0 aromatic heterocycles. The van der Waals surface area contributed by atoms with E-state index in [1.165, 1.54) is 12.1 Å². The fourth-order valence-corrected chi connectivity index (χ4v) is 2.92. The van der Waals surface area contributed by atoms with Crippen molar-refractivity contribution in [1.82, 2.24) is 0 Å². The molecule has 0 aliphatic rings. The first-order valence-corrected chi connectivity index (χ1v) is 7.35. The van der Waals surface area contributed by atoms with Crippen molar-refractivity contribution in [2.24, 2.45) is 0 Å². The first-order chi connectivity index (χ1) is 10.3. The minimum Gasteiger partial charge on any atom is -0.406 e. The number of alkyl halides is 3. The molecule has 0 spiro atoms. The molecule has 0 bridgehead atoms. The first-order valence-electron chi connectivity index (χ1n) is 5.78. The summed E-state index contributed by atoms with van der Waals surface area (Å²) >= 11 is 12.7. The van der Waals surface area contributed by atoms with Crippen LogP contribution in [0.2, 0.25) is 10.0 Å². The van der Waals surface area contributed by atoms with Gasteiger partial charge in [0.1, 0.15) is 5.75 Å². The second-order valence-corrected chi connectivity index (χ2v) is 5.81. The van der Waals surface area contributed by atoms with E-state index in [9.17, 15) is 18.0 Å². The molecule has 0 saturated carbocycles. The number of hydrogen-bond acceptors (Lipinski definition) is 3. The van der Waals surface area contributed by atoms with Gasteiger partial charge in [0, 0.05) is 5.56 Å². The highest BCUT2D eigenvalue weighted by Gasteiger charge is 2.31. The summed E-state index contributed by atoms with van der Waals surface area (Å²) in [6, 6.07) is 9.42. The van der Waals surface area contributed by atoms with Gasteiger partial charge in [-0.15, -0.1) is 13.2 Å². The van der Waals surface area contributed by atoms with Crippen LogP contribution in [0.4, 0.5) is 13.2 Å². The zero-order chi connectivity index (χ0) is 16.3. The van der Waals surface area contributed by atoms with Gasteiger partial charge in [0.25, 0.3) is 0 Å². The molecule has 0 unspecified atom stereocenters. The highest BCUT2D eigenvalue weighted by Crippen LogP contribution is 2.36. The van der Waals surface area contributed by atoms with Crippen LogP contribution in [0.3, 0.4) is 0 Å². The third-order valence-electron chi connectivity index (χ3n) is 2.44. The van der Waals surface area contributed by atoms with E-state index < -0.39 is 17.2 Å². The summed E-state index contributed by atoms with van der Waals surface area (Å²) < 4.78 is 39.9. The summed E-state index contributed by atoms with van der Waals surface area (Å²) in [5.41, 5.74) is 0.204. The van der Waals surface area contributed by atoms with Gasteiger partial charge < -0.3 is 4.74 Å². The van der Waals surface area contributed by atoms with Crippen molar-refractivity contribution in [3.8, 4) is 5.75 Å². The zero-order valence-corrected chi connectivity index (χ0v) is 13.0. The van der Waals surface area contributed by atoms with E-state index in [4.69, 9.17) is 23.2 Å². The molecule has 2 nitrogen and oxygen atoms in total. The van der Waals surface area contributed by atoms with Crippen LogP contribution in [0.1, 0.15) is 10.4 Å². The molecule has 0 amide bonds. The Balaban J connectivity index is 2.13. The Labute approximate surface area is 138 Å². The summed E-state index contributed by atoms with van der Waals surface area (Å²) in [5, 5.41) is 0.249. The Hall–Kier alpha value is -1.37. The van der Waals surface area contributed by atoms with Crippen LogP contribution < -0.4 is 4.74 Å². The SMILES string of the molecule is O=C(Sc1c(Cl)cccc1Cl)c1ccc(OC(F)(F)F)cc1. The van der Waals surface area contributed by atoms with Crippen LogP contribution in [0.25, 0.3) is 0 Å². The van der Waals surface area contributed by atoms with Crippen molar-refractivity contribution in [1.29, 1.82) is 0 Å². The second kappa shape index (κ2) is 6.81. The summed E-state index contributed by atoms with van der Waals surface area (Å²) in [7, 11) is 0. The molecular weight excluding hydrogens is 360 g/mol. The normalized spacial score (nSPS) is 11.3. The van der Waals surface area contributed by atoms with Crippen LogP contribution in [0, 0.1) is 0 Å². The number of halogens is 5. The number of carbonyl (C=O) groups is 1. The molecule has 116 valence electrons. The highest BCUT2D eigenvalue weighted by atomic mass is 35.5. The molecule has 0 N–H and O–H groups in total. The van der Waals surface area contributed by atoms with Gasteiger partial charge in [0.15, 0.2) is 0 Å². The second-order valence-electron chi connectivity index (χ2n) is 4.01. The minimum absolute atomic E-state index is 0.204. The maximum absolute atomic E-state index is 12.1. The Bertz CT molecular complexity index is 667. The van der Waals surface area contributed by atoms with Crippen LogP contribution in [-0.4, -0.2) is 11.5 Å². The van der Waals surface area contributed by atoms with Gasteiger partial charge in [-0.2, -0.15) is 0 Å². The molecule has 0 radical (unpaired) electrons. The molecule has 2 rings (SSSR count). The van der Waals surface area contributed by atoms with Gasteiger partial charge >= 0.3 is 6.36 Å². The van der Waals surface area contributed by atoms with E-state index in [2.05, 4.69) is 4.74 Å². The lowest BCUT2D eigenvalue weighted by Crippen LogP contribution is -2.17. The van der Waals surface area contributed by atoms with Crippen LogP contribution in [-0.2, 0) is 0 Å². The van der Waals surface area contributed by atoms with Crippen molar-refractivity contribution < 1.29 is 22.7 Å². The van der Waals surface area contributed by atoms with E-state index >= 15 is 0 Å². The van der Waals surface area contributed by atoms with Crippen molar-refractivity contribution in [3.63, 3.8) is 0 Å². The molecule has 0 aliphatic carbocycles. The van der Waals surface area contributed by atoms with E-state index in [1.807, 2.05) is 0 Å². The lowest BCUT2D eigenvalue weighted by molar-refractivity contribution is -0.274. The number of hydrogen-bond donors (Lipinski definition) is 0. The third kappa shape index (κ3) is 4.56. The smallest absolute Gasteiger partial charge is 0.406 e. The molecule has 0 atom stereocenters. The Kier molecular flexibility index (Phi) is 5.26. The largest absolute Gasteiger partial charge is 0.573 e. The molecular formula is C14H7Cl2F3O2S. The van der Waals surface area contributed by atoms with E-state index in [1.54, 1.807) is 18.2 Å². The minimum atomic E-state index is -4.77. The zero-order valence-electron chi connectivity index (χ0n) is 10.7. The molecule has 2 aromatic carbocycles. The number of ether oxygens (including phenoxy) is 1. The lowest BCUT2D eigenvalue weighted by atomic mass is 10.2. The van der Waals surface area contributed by atoms with Gasteiger partial charge in [-0.1, -0.05) is 29.3 Å². The fraction of sp³-hybridized carbons (Fsp3) is 0.0714. The first kappa shape index (κ1) is 17.0. The third-order valence-corrected chi connectivity index (χ3v) is 4.36. The van der Waals surface area contributed by atoms with Crippen LogP contribution >= 0.6 is 35.0 Å². The monoisotopic (exact) mass is 366 g/mol. The van der Waals surface area contributed by atoms with E-state index in [0.29, 0.717) is 14.9 Å². The fourth-order valence-electron chi connectivity index (χ4n) is 1.52. The Morgan fingerprint density at radius 3 is 2.05 bits per heavy atom. The molecule has 22 heavy (non-hydrogen) atoms. The molecule has 2 aromatic rings. The molecule has 0 saturated heterocycles. The summed E-state index contributed by atoms with van der Waals surface area (Å²) in [6.07, 6.45) is -4.77. The summed E-state index contributed by atoms with van der Waals surface area (Å²) in [5.74, 6) is -0.398. The van der Waals surface area contributed by atoms with E-state index in [-0.39, 0.29) is 5.56 Å². The van der Waals surface area contributed by atoms with Crippen LogP contribution in [0.5, 0.6) is 5.75 Å². The number of benzene rings is 2. The standard InChI is InChI=1S/C14H7Cl2F3O2S/c15-10-2-1-3-11(16)12(10)22-13(20)8-4-6-9(7-5-8)21-14(17,18)19/h1-7H. The molecule has 0 heterocycles. The number of carbonyl (C=O) groups excluding carboxylic acids is 1. The van der Waals surface area contributed by atoms with Gasteiger partial charge in [-0.05, 0) is 48.2 Å². The topological polar surface area (TPSA) is 26.3 Å².